The molecule has 2 aromatic carbocycles. The van der Waals surface area contributed by atoms with E-state index in [1.165, 1.54) is 6.07 Å². The first kappa shape index (κ1) is 20.1. The van der Waals surface area contributed by atoms with Crippen LogP contribution in [0.2, 0.25) is 10.0 Å². The van der Waals surface area contributed by atoms with Gasteiger partial charge in [0.15, 0.2) is 11.6 Å². The summed E-state index contributed by atoms with van der Waals surface area (Å²) < 4.78 is 32.4. The average molecular weight is 414 g/mol. The minimum atomic E-state index is -1.04. The maximum Gasteiger partial charge on any atom is 0.251 e. The van der Waals surface area contributed by atoms with Crippen molar-refractivity contribution in [1.29, 1.82) is 0 Å². The molecule has 0 spiro atoms. The lowest BCUT2D eigenvalue weighted by molar-refractivity contribution is -0.00461. The Morgan fingerprint density at radius 1 is 1.04 bits per heavy atom. The Morgan fingerprint density at radius 3 is 2.56 bits per heavy atom. The quantitative estimate of drug-likeness (QED) is 0.699. The molecular weight excluding hydrogens is 395 g/mol. The summed E-state index contributed by atoms with van der Waals surface area (Å²) in [7, 11) is 0. The van der Waals surface area contributed by atoms with Crippen molar-refractivity contribution in [2.24, 2.45) is 0 Å². The fourth-order valence-corrected chi connectivity index (χ4v) is 3.50. The maximum atomic E-state index is 13.4. The van der Waals surface area contributed by atoms with Crippen LogP contribution >= 0.6 is 23.2 Å². The highest BCUT2D eigenvalue weighted by Crippen LogP contribution is 2.26. The van der Waals surface area contributed by atoms with E-state index in [2.05, 4.69) is 5.32 Å². The summed E-state index contributed by atoms with van der Waals surface area (Å²) in [6, 6.07) is 8.23. The molecule has 1 aliphatic rings. The molecular formula is C20H19Cl2F2NO2. The molecule has 144 valence electrons. The van der Waals surface area contributed by atoms with E-state index in [0.29, 0.717) is 16.7 Å². The minimum Gasteiger partial charge on any atom is -0.371 e. The number of nitrogens with one attached hydrogen (secondary N) is 1. The number of amides is 1. The van der Waals surface area contributed by atoms with Gasteiger partial charge in [0.25, 0.3) is 5.91 Å². The second kappa shape index (κ2) is 9.00. The van der Waals surface area contributed by atoms with Crippen molar-refractivity contribution in [2.75, 3.05) is 0 Å². The monoisotopic (exact) mass is 413 g/mol. The van der Waals surface area contributed by atoms with Gasteiger partial charge in [-0.1, -0.05) is 42.1 Å². The summed E-state index contributed by atoms with van der Waals surface area (Å²) in [5.74, 6) is -2.46. The summed E-state index contributed by atoms with van der Waals surface area (Å²) in [6.45, 7) is 0.346. The number of hydrogen-bond acceptors (Lipinski definition) is 2. The Balaban J connectivity index is 1.63. The van der Waals surface area contributed by atoms with Crippen molar-refractivity contribution in [3.05, 3.63) is 69.2 Å². The van der Waals surface area contributed by atoms with Gasteiger partial charge in [-0.15, -0.1) is 0 Å². The van der Waals surface area contributed by atoms with E-state index in [9.17, 15) is 13.6 Å². The zero-order valence-corrected chi connectivity index (χ0v) is 16.0. The SMILES string of the molecule is O=C(N[C@@H]1CCCC[C@@H]1OCc1ccc(Cl)c(Cl)c1)c1ccc(F)c(F)c1. The van der Waals surface area contributed by atoms with E-state index in [4.69, 9.17) is 27.9 Å². The molecule has 1 saturated carbocycles. The van der Waals surface area contributed by atoms with Gasteiger partial charge in [-0.2, -0.15) is 0 Å². The second-order valence-corrected chi connectivity index (χ2v) is 7.41. The summed E-state index contributed by atoms with van der Waals surface area (Å²) >= 11 is 11.9. The first-order valence-corrected chi connectivity index (χ1v) is 9.51. The first-order chi connectivity index (χ1) is 12.9. The molecule has 0 radical (unpaired) electrons. The highest BCUT2D eigenvalue weighted by Gasteiger charge is 2.28. The molecule has 1 amide bonds. The van der Waals surface area contributed by atoms with Crippen molar-refractivity contribution in [3.8, 4) is 0 Å². The molecule has 2 atom stereocenters. The fourth-order valence-electron chi connectivity index (χ4n) is 3.18. The molecule has 3 nitrogen and oxygen atoms in total. The van der Waals surface area contributed by atoms with Crippen LogP contribution in [-0.4, -0.2) is 18.1 Å². The molecule has 0 saturated heterocycles. The third-order valence-electron chi connectivity index (χ3n) is 4.65. The molecule has 1 fully saturated rings. The van der Waals surface area contributed by atoms with Crippen LogP contribution in [0.3, 0.4) is 0 Å². The van der Waals surface area contributed by atoms with Crippen LogP contribution in [0.25, 0.3) is 0 Å². The predicted octanol–water partition coefficient (Wildman–Crippen LogP) is 5.53. The lowest BCUT2D eigenvalue weighted by Gasteiger charge is -2.32. The highest BCUT2D eigenvalue weighted by atomic mass is 35.5. The molecule has 1 N–H and O–H groups in total. The lowest BCUT2D eigenvalue weighted by atomic mass is 9.92. The molecule has 0 heterocycles. The molecule has 1 aliphatic carbocycles. The van der Waals surface area contributed by atoms with E-state index in [0.717, 1.165) is 43.4 Å². The highest BCUT2D eigenvalue weighted by molar-refractivity contribution is 6.42. The second-order valence-electron chi connectivity index (χ2n) is 6.59. The van der Waals surface area contributed by atoms with Gasteiger partial charge in [-0.3, -0.25) is 4.79 Å². The fraction of sp³-hybridized carbons (Fsp3) is 0.350. The Morgan fingerprint density at radius 2 is 1.81 bits per heavy atom. The van der Waals surface area contributed by atoms with Crippen LogP contribution < -0.4 is 5.32 Å². The van der Waals surface area contributed by atoms with Gasteiger partial charge >= 0.3 is 0 Å². The van der Waals surface area contributed by atoms with E-state index < -0.39 is 17.5 Å². The van der Waals surface area contributed by atoms with E-state index in [1.807, 2.05) is 6.07 Å². The number of hydrogen-bond donors (Lipinski definition) is 1. The van der Waals surface area contributed by atoms with Crippen molar-refractivity contribution in [3.63, 3.8) is 0 Å². The zero-order chi connectivity index (χ0) is 19.4. The summed E-state index contributed by atoms with van der Waals surface area (Å²) in [6.07, 6.45) is 3.38. The normalized spacial score (nSPS) is 19.7. The number of ether oxygens (including phenoxy) is 1. The largest absolute Gasteiger partial charge is 0.371 e. The van der Waals surface area contributed by atoms with Gasteiger partial charge in [0, 0.05) is 5.56 Å². The number of halogens is 4. The number of rotatable bonds is 5. The summed E-state index contributed by atoms with van der Waals surface area (Å²) in [5, 5.41) is 3.83. The van der Waals surface area contributed by atoms with Crippen LogP contribution in [0, 0.1) is 11.6 Å². The van der Waals surface area contributed by atoms with Crippen LogP contribution in [0.15, 0.2) is 36.4 Å². The standard InChI is InChI=1S/C20H19Cl2F2NO2/c21-14-7-5-12(9-15(14)22)11-27-19-4-2-1-3-18(19)25-20(26)13-6-8-16(23)17(24)10-13/h5-10,18-19H,1-4,11H2,(H,25,26)/t18-,19+/m1/s1. The minimum absolute atomic E-state index is 0.0858. The van der Waals surface area contributed by atoms with Gasteiger partial charge in [0.1, 0.15) is 0 Å². The van der Waals surface area contributed by atoms with Crippen molar-refractivity contribution in [2.45, 2.75) is 44.4 Å². The van der Waals surface area contributed by atoms with Crippen molar-refractivity contribution < 1.29 is 18.3 Å². The number of carbonyl (C=O) groups is 1. The lowest BCUT2D eigenvalue weighted by Crippen LogP contribution is -2.46. The summed E-state index contributed by atoms with van der Waals surface area (Å²) in [4.78, 5) is 12.4. The van der Waals surface area contributed by atoms with Gasteiger partial charge in [-0.25, -0.2) is 8.78 Å². The average Bonchev–Trinajstić information content (AvgIpc) is 2.66. The molecule has 0 unspecified atom stereocenters. The molecule has 0 aromatic heterocycles. The molecule has 27 heavy (non-hydrogen) atoms. The first-order valence-electron chi connectivity index (χ1n) is 8.75. The molecule has 0 aliphatic heterocycles. The van der Waals surface area contributed by atoms with Crippen LogP contribution in [0.4, 0.5) is 8.78 Å². The summed E-state index contributed by atoms with van der Waals surface area (Å²) in [5.41, 5.74) is 0.975. The van der Waals surface area contributed by atoms with E-state index in [-0.39, 0.29) is 17.7 Å². The molecule has 2 aromatic rings. The predicted molar refractivity (Wildman–Crippen MR) is 101 cm³/mol. The van der Waals surface area contributed by atoms with Crippen LogP contribution in [0.1, 0.15) is 41.6 Å². The number of benzene rings is 2. The topological polar surface area (TPSA) is 38.3 Å². The van der Waals surface area contributed by atoms with Crippen molar-refractivity contribution >= 4 is 29.1 Å². The van der Waals surface area contributed by atoms with Gasteiger partial charge in [0.2, 0.25) is 0 Å². The molecule has 7 heteroatoms. The molecule has 3 rings (SSSR count). The zero-order valence-electron chi connectivity index (χ0n) is 14.5. The Kier molecular flexibility index (Phi) is 6.68. The third-order valence-corrected chi connectivity index (χ3v) is 5.39. The van der Waals surface area contributed by atoms with Crippen molar-refractivity contribution in [1.82, 2.24) is 5.32 Å². The van der Waals surface area contributed by atoms with Gasteiger partial charge < -0.3 is 10.1 Å². The van der Waals surface area contributed by atoms with E-state index in [1.54, 1.807) is 12.1 Å². The van der Waals surface area contributed by atoms with Gasteiger partial charge in [-0.05, 0) is 48.7 Å². The Bertz CT molecular complexity index is 832. The van der Waals surface area contributed by atoms with Crippen LogP contribution in [-0.2, 0) is 11.3 Å². The number of carbonyl (C=O) groups excluding carboxylic acids is 1. The van der Waals surface area contributed by atoms with E-state index >= 15 is 0 Å². The van der Waals surface area contributed by atoms with Crippen LogP contribution in [0.5, 0.6) is 0 Å². The Hall–Kier alpha value is -1.69. The third kappa shape index (κ3) is 5.18. The Labute approximate surface area is 166 Å². The van der Waals surface area contributed by atoms with Gasteiger partial charge in [0.05, 0.1) is 28.8 Å². The smallest absolute Gasteiger partial charge is 0.251 e. The molecule has 0 bridgehead atoms. The maximum absolute atomic E-state index is 13.4.